The normalized spacial score (nSPS) is 27.9. The molecule has 0 bridgehead atoms. The van der Waals surface area contributed by atoms with E-state index in [1.54, 1.807) is 12.1 Å². The van der Waals surface area contributed by atoms with Crippen LogP contribution in [-0.4, -0.2) is 67.5 Å². The highest BCUT2D eigenvalue weighted by Crippen LogP contribution is 2.60. The first-order valence-electron chi connectivity index (χ1n) is 9.78. The number of nitrogens with zero attached hydrogens (tertiary/aromatic N) is 3. The quantitative estimate of drug-likeness (QED) is 0.243. The molecule has 4 atom stereocenters. The molecule has 2 aromatic heterocycles. The number of pyridine rings is 1. The number of hydrogen-bond acceptors (Lipinski definition) is 9. The van der Waals surface area contributed by atoms with Gasteiger partial charge in [-0.2, -0.15) is 23.1 Å². The van der Waals surface area contributed by atoms with Crippen LogP contribution in [-0.2, 0) is 0 Å². The summed E-state index contributed by atoms with van der Waals surface area (Å²) in [4.78, 5) is 11.8. The molecule has 4 unspecified atom stereocenters. The van der Waals surface area contributed by atoms with E-state index in [-0.39, 0.29) is 23.0 Å². The van der Waals surface area contributed by atoms with Gasteiger partial charge >= 0.3 is 6.18 Å². The number of hydrogen-bond donors (Lipinski definition) is 5. The lowest BCUT2D eigenvalue weighted by molar-refractivity contribution is -0.115. The molecule has 33 heavy (non-hydrogen) atoms. The van der Waals surface area contributed by atoms with Gasteiger partial charge in [0.15, 0.2) is 16.7 Å². The minimum absolute atomic E-state index is 0.0272. The predicted octanol–water partition coefficient (Wildman–Crippen LogP) is 1.52. The molecule has 2 aliphatic carbocycles. The summed E-state index contributed by atoms with van der Waals surface area (Å²) in [6.45, 7) is -1.42. The van der Waals surface area contributed by atoms with E-state index in [0.29, 0.717) is 17.9 Å². The van der Waals surface area contributed by atoms with E-state index in [4.69, 9.17) is 16.3 Å². The SMILES string of the molecule is COc1ccc(C#Cc2c(Cl)nc(NCC(F)(F)F)nc2NC2(O)CCC3C(O)C32O)cn1. The van der Waals surface area contributed by atoms with Gasteiger partial charge in [-0.25, -0.2) is 4.98 Å². The van der Waals surface area contributed by atoms with Crippen LogP contribution in [0.15, 0.2) is 18.3 Å². The highest BCUT2D eigenvalue weighted by Gasteiger charge is 2.78. The second-order valence-corrected chi connectivity index (χ2v) is 8.13. The Morgan fingerprint density at radius 1 is 1.27 bits per heavy atom. The largest absolute Gasteiger partial charge is 0.481 e. The fourth-order valence-electron chi connectivity index (χ4n) is 3.88. The van der Waals surface area contributed by atoms with Crippen molar-refractivity contribution in [3.63, 3.8) is 0 Å². The molecule has 0 spiro atoms. The van der Waals surface area contributed by atoms with E-state index in [1.165, 1.54) is 13.3 Å². The van der Waals surface area contributed by atoms with Crippen molar-refractivity contribution in [1.29, 1.82) is 0 Å². The smallest absolute Gasteiger partial charge is 0.405 e. The molecule has 0 aromatic carbocycles. The van der Waals surface area contributed by atoms with Crippen LogP contribution < -0.4 is 15.4 Å². The Morgan fingerprint density at radius 3 is 2.61 bits per heavy atom. The number of aliphatic hydroxyl groups is 3. The number of aromatic nitrogens is 3. The van der Waals surface area contributed by atoms with Crippen molar-refractivity contribution in [2.24, 2.45) is 5.92 Å². The molecule has 13 heteroatoms. The minimum atomic E-state index is -4.53. The third-order valence-electron chi connectivity index (χ3n) is 5.68. The first-order chi connectivity index (χ1) is 15.5. The molecule has 2 heterocycles. The summed E-state index contributed by atoms with van der Waals surface area (Å²) in [6.07, 6.45) is -3.85. The van der Waals surface area contributed by atoms with Crippen LogP contribution in [0, 0.1) is 17.8 Å². The second kappa shape index (κ2) is 8.18. The fraction of sp³-hybridized carbons (Fsp3) is 0.450. The van der Waals surface area contributed by atoms with Gasteiger partial charge in [0.05, 0.1) is 13.2 Å². The zero-order valence-electron chi connectivity index (χ0n) is 17.1. The fourth-order valence-corrected chi connectivity index (χ4v) is 4.10. The van der Waals surface area contributed by atoms with E-state index in [2.05, 4.69) is 32.1 Å². The highest BCUT2D eigenvalue weighted by atomic mass is 35.5. The van der Waals surface area contributed by atoms with Crippen LogP contribution in [0.25, 0.3) is 0 Å². The lowest BCUT2D eigenvalue weighted by atomic mass is 10.0. The second-order valence-electron chi connectivity index (χ2n) is 7.77. The standard InChI is InChI=1S/C20H19ClF3N5O4/c1-33-13-5-3-10(8-25-13)2-4-11-15(21)27-17(26-9-19(22,23)24)28-16(11)29-18(31)7-6-12-14(30)20(12,18)32/h3,5,8,12,14,30-32H,6-7,9H2,1H3,(H2,26,27,28,29). The van der Waals surface area contributed by atoms with E-state index < -0.39 is 42.0 Å². The molecule has 2 aliphatic rings. The molecule has 9 nitrogen and oxygen atoms in total. The Bertz CT molecular complexity index is 1120. The molecule has 4 rings (SSSR count). The molecule has 0 amide bonds. The maximum Gasteiger partial charge on any atom is 0.405 e. The van der Waals surface area contributed by atoms with Crippen molar-refractivity contribution >= 4 is 23.4 Å². The zero-order valence-corrected chi connectivity index (χ0v) is 17.9. The molecule has 2 saturated carbocycles. The average molecular weight is 486 g/mol. The van der Waals surface area contributed by atoms with Gasteiger partial charge in [-0.1, -0.05) is 23.4 Å². The lowest BCUT2D eigenvalue weighted by Crippen LogP contribution is -2.51. The van der Waals surface area contributed by atoms with Crippen LogP contribution in [0.2, 0.25) is 5.15 Å². The first kappa shape index (κ1) is 23.3. The van der Waals surface area contributed by atoms with Gasteiger partial charge in [0.2, 0.25) is 11.8 Å². The summed E-state index contributed by atoms with van der Waals surface area (Å²) in [5.41, 5.74) is -3.38. The van der Waals surface area contributed by atoms with Crippen molar-refractivity contribution in [1.82, 2.24) is 15.0 Å². The number of rotatable bonds is 5. The zero-order chi connectivity index (χ0) is 24.0. The third-order valence-corrected chi connectivity index (χ3v) is 5.96. The van der Waals surface area contributed by atoms with Gasteiger partial charge in [0.25, 0.3) is 0 Å². The first-order valence-corrected chi connectivity index (χ1v) is 10.2. The summed E-state index contributed by atoms with van der Waals surface area (Å²) in [5, 5.41) is 36.0. The average Bonchev–Trinajstić information content (AvgIpc) is 3.18. The van der Waals surface area contributed by atoms with Crippen LogP contribution >= 0.6 is 11.6 Å². The molecule has 2 fully saturated rings. The number of nitrogens with one attached hydrogen (secondary N) is 2. The predicted molar refractivity (Wildman–Crippen MR) is 111 cm³/mol. The number of alkyl halides is 3. The van der Waals surface area contributed by atoms with Crippen LogP contribution in [0.4, 0.5) is 24.9 Å². The molecule has 2 aromatic rings. The lowest BCUT2D eigenvalue weighted by Gasteiger charge is -2.32. The van der Waals surface area contributed by atoms with Gasteiger partial charge in [-0.3, -0.25) is 0 Å². The molecule has 0 aliphatic heterocycles. The summed E-state index contributed by atoms with van der Waals surface area (Å²) in [5.74, 6) is 4.68. The minimum Gasteiger partial charge on any atom is -0.481 e. The topological polar surface area (TPSA) is 133 Å². The Kier molecular flexibility index (Phi) is 5.78. The number of methoxy groups -OCH3 is 1. The molecular formula is C20H19ClF3N5O4. The van der Waals surface area contributed by atoms with Crippen LogP contribution in [0.5, 0.6) is 5.88 Å². The third kappa shape index (κ3) is 4.37. The van der Waals surface area contributed by atoms with E-state index in [0.717, 1.165) is 0 Å². The number of fused-ring (bicyclic) bond motifs is 1. The van der Waals surface area contributed by atoms with Crippen molar-refractivity contribution in [2.75, 3.05) is 24.3 Å². The van der Waals surface area contributed by atoms with Gasteiger partial charge in [0, 0.05) is 23.7 Å². The number of anilines is 2. The van der Waals surface area contributed by atoms with Crippen molar-refractivity contribution < 1.29 is 33.2 Å². The Balaban J connectivity index is 1.70. The number of ether oxygens (including phenoxy) is 1. The summed E-state index contributed by atoms with van der Waals surface area (Å²) in [6, 6.07) is 3.20. The van der Waals surface area contributed by atoms with E-state index in [1.807, 2.05) is 5.32 Å². The van der Waals surface area contributed by atoms with Gasteiger partial charge in [-0.05, 0) is 18.9 Å². The van der Waals surface area contributed by atoms with Crippen LogP contribution in [0.1, 0.15) is 24.0 Å². The van der Waals surface area contributed by atoms with Crippen molar-refractivity contribution in [2.45, 2.75) is 36.4 Å². The maximum atomic E-state index is 12.6. The van der Waals surface area contributed by atoms with Gasteiger partial charge < -0.3 is 30.7 Å². The van der Waals surface area contributed by atoms with Crippen molar-refractivity contribution in [3.05, 3.63) is 34.6 Å². The summed E-state index contributed by atoms with van der Waals surface area (Å²) >= 11 is 6.20. The molecular weight excluding hydrogens is 467 g/mol. The molecule has 0 saturated heterocycles. The highest BCUT2D eigenvalue weighted by molar-refractivity contribution is 6.31. The van der Waals surface area contributed by atoms with Crippen LogP contribution in [0.3, 0.4) is 0 Å². The van der Waals surface area contributed by atoms with Gasteiger partial charge in [0.1, 0.15) is 17.7 Å². The maximum absolute atomic E-state index is 12.6. The van der Waals surface area contributed by atoms with Crippen molar-refractivity contribution in [3.8, 4) is 17.7 Å². The van der Waals surface area contributed by atoms with Gasteiger partial charge in [-0.15, -0.1) is 0 Å². The molecule has 0 radical (unpaired) electrons. The Hall–Kier alpha value is -2.85. The molecule has 5 N–H and O–H groups in total. The molecule has 176 valence electrons. The summed E-state index contributed by atoms with van der Waals surface area (Å²) < 4.78 is 42.8. The number of aliphatic hydroxyl groups excluding tert-OH is 1. The van der Waals surface area contributed by atoms with E-state index >= 15 is 0 Å². The Labute approximate surface area is 191 Å². The van der Waals surface area contributed by atoms with E-state index in [9.17, 15) is 28.5 Å². The number of halogens is 4. The Morgan fingerprint density at radius 2 is 2.03 bits per heavy atom. The summed E-state index contributed by atoms with van der Waals surface area (Å²) in [7, 11) is 1.46. The monoisotopic (exact) mass is 485 g/mol.